The molecular formula is C21H26F3N5O2. The lowest BCUT2D eigenvalue weighted by molar-refractivity contribution is -0.186. The van der Waals surface area contributed by atoms with Gasteiger partial charge in [-0.15, -0.1) is 0 Å². The zero-order chi connectivity index (χ0) is 22.2. The molecule has 2 aliphatic heterocycles. The van der Waals surface area contributed by atoms with Gasteiger partial charge in [-0.3, -0.25) is 4.79 Å². The minimum Gasteiger partial charge on any atom is -0.356 e. The van der Waals surface area contributed by atoms with Gasteiger partial charge in [0.15, 0.2) is 5.76 Å². The molecular weight excluding hydrogens is 411 g/mol. The first kappa shape index (κ1) is 21.6. The van der Waals surface area contributed by atoms with E-state index in [1.54, 1.807) is 12.3 Å². The van der Waals surface area contributed by atoms with Crippen LogP contribution in [0.4, 0.5) is 19.1 Å². The van der Waals surface area contributed by atoms with Gasteiger partial charge in [0.2, 0.25) is 5.95 Å². The predicted molar refractivity (Wildman–Crippen MR) is 107 cm³/mol. The number of carbonyl (C=O) groups excluding carboxylic acids is 1. The third kappa shape index (κ3) is 4.67. The van der Waals surface area contributed by atoms with Crippen molar-refractivity contribution in [3.8, 4) is 11.3 Å². The molecule has 4 heterocycles. The second-order valence-electron chi connectivity index (χ2n) is 8.56. The van der Waals surface area contributed by atoms with E-state index in [-0.39, 0.29) is 19.0 Å². The van der Waals surface area contributed by atoms with Gasteiger partial charge in [-0.2, -0.15) is 13.2 Å². The Bertz CT molecular complexity index is 937. The molecule has 0 aromatic carbocycles. The van der Waals surface area contributed by atoms with E-state index in [1.165, 1.54) is 6.42 Å². The largest absolute Gasteiger partial charge is 0.471 e. The highest BCUT2D eigenvalue weighted by Gasteiger charge is 2.43. The quantitative estimate of drug-likeness (QED) is 0.724. The first-order valence-electron chi connectivity index (χ1n) is 10.6. The van der Waals surface area contributed by atoms with Gasteiger partial charge in [-0.1, -0.05) is 12.1 Å². The molecule has 2 aliphatic rings. The molecule has 31 heavy (non-hydrogen) atoms. The molecule has 10 heteroatoms. The fourth-order valence-corrected chi connectivity index (χ4v) is 4.44. The molecule has 0 radical (unpaired) electrons. The normalized spacial score (nSPS) is 20.9. The van der Waals surface area contributed by atoms with Crippen LogP contribution in [0.25, 0.3) is 11.3 Å². The number of carbonyl (C=O) groups is 1. The summed E-state index contributed by atoms with van der Waals surface area (Å²) in [5.41, 5.74) is 2.17. The topological polar surface area (TPSA) is 75.4 Å². The first-order chi connectivity index (χ1) is 14.7. The number of hydrogen-bond donors (Lipinski definition) is 0. The Morgan fingerprint density at radius 1 is 1.19 bits per heavy atom. The van der Waals surface area contributed by atoms with Crippen LogP contribution in [-0.4, -0.2) is 58.3 Å². The number of nitrogens with zero attached hydrogens (tertiary/aromatic N) is 5. The van der Waals surface area contributed by atoms with Gasteiger partial charge in [-0.25, -0.2) is 9.97 Å². The van der Waals surface area contributed by atoms with Crippen molar-refractivity contribution in [1.82, 2.24) is 20.0 Å². The smallest absolute Gasteiger partial charge is 0.356 e. The summed E-state index contributed by atoms with van der Waals surface area (Å²) in [5.74, 6) is -0.145. The van der Waals surface area contributed by atoms with E-state index in [9.17, 15) is 18.0 Å². The molecule has 1 atom stereocenters. The van der Waals surface area contributed by atoms with Crippen LogP contribution in [-0.2, 0) is 4.79 Å². The standard InChI is InChI=1S/C21H26F3N5O2/c1-13-4-3-7-29(12-13)20-25-11-16(17-10-14(2)27-31-17)18(26-20)15-5-8-28(9-6-15)19(30)21(22,23)24/h10-11,13,15H,3-9,12H2,1-2H3/t13-/m0/s1. The zero-order valence-corrected chi connectivity index (χ0v) is 17.7. The average molecular weight is 437 g/mol. The van der Waals surface area contributed by atoms with Gasteiger partial charge in [0.05, 0.1) is 17.0 Å². The number of rotatable bonds is 3. The summed E-state index contributed by atoms with van der Waals surface area (Å²) in [6.07, 6.45) is -0.0819. The molecule has 1 amide bonds. The minimum atomic E-state index is -4.84. The van der Waals surface area contributed by atoms with Crippen molar-refractivity contribution in [3.05, 3.63) is 23.7 Å². The van der Waals surface area contributed by atoms with Crippen LogP contribution in [0.1, 0.15) is 49.9 Å². The van der Waals surface area contributed by atoms with Crippen LogP contribution >= 0.6 is 0 Å². The van der Waals surface area contributed by atoms with Crippen molar-refractivity contribution >= 4 is 11.9 Å². The van der Waals surface area contributed by atoms with E-state index >= 15 is 0 Å². The van der Waals surface area contributed by atoms with E-state index in [0.717, 1.165) is 35.8 Å². The summed E-state index contributed by atoms with van der Waals surface area (Å²) in [6, 6.07) is 1.80. The summed E-state index contributed by atoms with van der Waals surface area (Å²) in [4.78, 5) is 24.1. The van der Waals surface area contributed by atoms with Crippen molar-refractivity contribution < 1.29 is 22.5 Å². The Hall–Kier alpha value is -2.65. The van der Waals surface area contributed by atoms with Crippen molar-refractivity contribution in [1.29, 1.82) is 0 Å². The Labute approximate surface area is 178 Å². The Morgan fingerprint density at radius 3 is 2.55 bits per heavy atom. The van der Waals surface area contributed by atoms with E-state index in [1.807, 2.05) is 6.92 Å². The average Bonchev–Trinajstić information content (AvgIpc) is 3.18. The lowest BCUT2D eigenvalue weighted by Gasteiger charge is -2.34. The van der Waals surface area contributed by atoms with Gasteiger partial charge in [-0.05, 0) is 38.5 Å². The van der Waals surface area contributed by atoms with E-state index in [2.05, 4.69) is 22.0 Å². The fourth-order valence-electron chi connectivity index (χ4n) is 4.44. The molecule has 2 aromatic rings. The van der Waals surface area contributed by atoms with Gasteiger partial charge < -0.3 is 14.3 Å². The molecule has 0 unspecified atom stereocenters. The van der Waals surface area contributed by atoms with Crippen molar-refractivity contribution in [2.24, 2.45) is 5.92 Å². The SMILES string of the molecule is Cc1cc(-c2cnc(N3CCC[C@H](C)C3)nc2C2CCN(C(=O)C(F)(F)F)CC2)on1. The molecule has 2 saturated heterocycles. The number of likely N-dealkylation sites (tertiary alicyclic amines) is 1. The highest BCUT2D eigenvalue weighted by atomic mass is 19.4. The number of piperidine rings is 2. The predicted octanol–water partition coefficient (Wildman–Crippen LogP) is 3.94. The molecule has 0 N–H and O–H groups in total. The van der Waals surface area contributed by atoms with Gasteiger partial charge in [0.25, 0.3) is 0 Å². The van der Waals surface area contributed by atoms with E-state index in [0.29, 0.717) is 36.0 Å². The summed E-state index contributed by atoms with van der Waals surface area (Å²) < 4.78 is 43.8. The molecule has 0 saturated carbocycles. The highest BCUT2D eigenvalue weighted by Crippen LogP contribution is 2.36. The van der Waals surface area contributed by atoms with Crippen LogP contribution in [0.5, 0.6) is 0 Å². The highest BCUT2D eigenvalue weighted by molar-refractivity contribution is 5.82. The second kappa shape index (κ2) is 8.47. The van der Waals surface area contributed by atoms with Crippen LogP contribution in [0.15, 0.2) is 16.8 Å². The van der Waals surface area contributed by atoms with Crippen molar-refractivity contribution in [3.63, 3.8) is 0 Å². The third-order valence-corrected chi connectivity index (χ3v) is 6.05. The van der Waals surface area contributed by atoms with Crippen LogP contribution < -0.4 is 4.90 Å². The number of aryl methyl sites for hydroxylation is 1. The van der Waals surface area contributed by atoms with Crippen LogP contribution in [0.2, 0.25) is 0 Å². The molecule has 7 nitrogen and oxygen atoms in total. The summed E-state index contributed by atoms with van der Waals surface area (Å²) in [6.45, 7) is 5.85. The summed E-state index contributed by atoms with van der Waals surface area (Å²) >= 11 is 0. The third-order valence-electron chi connectivity index (χ3n) is 6.05. The molecule has 2 fully saturated rings. The van der Waals surface area contributed by atoms with Gasteiger partial charge >= 0.3 is 12.1 Å². The molecule has 4 rings (SSSR count). The number of anilines is 1. The maximum Gasteiger partial charge on any atom is 0.471 e. The van der Waals surface area contributed by atoms with E-state index < -0.39 is 12.1 Å². The fraction of sp³-hybridized carbons (Fsp3) is 0.619. The first-order valence-corrected chi connectivity index (χ1v) is 10.6. The van der Waals surface area contributed by atoms with Crippen LogP contribution in [0.3, 0.4) is 0 Å². The second-order valence-corrected chi connectivity index (χ2v) is 8.56. The number of halogens is 3. The Kier molecular flexibility index (Phi) is 5.90. The van der Waals surface area contributed by atoms with Crippen molar-refractivity contribution in [2.45, 2.75) is 51.6 Å². The number of alkyl halides is 3. The minimum absolute atomic E-state index is 0.0396. The molecule has 0 bridgehead atoms. The van der Waals surface area contributed by atoms with Gasteiger partial charge in [0.1, 0.15) is 0 Å². The molecule has 2 aromatic heterocycles. The number of hydrogen-bond acceptors (Lipinski definition) is 6. The lowest BCUT2D eigenvalue weighted by atomic mass is 9.90. The Balaban J connectivity index is 1.61. The van der Waals surface area contributed by atoms with Crippen LogP contribution in [0, 0.1) is 12.8 Å². The molecule has 168 valence electrons. The lowest BCUT2D eigenvalue weighted by Crippen LogP contribution is -2.45. The monoisotopic (exact) mass is 437 g/mol. The zero-order valence-electron chi connectivity index (χ0n) is 17.7. The Morgan fingerprint density at radius 2 is 1.94 bits per heavy atom. The summed E-state index contributed by atoms with van der Waals surface area (Å²) in [7, 11) is 0. The van der Waals surface area contributed by atoms with E-state index in [4.69, 9.17) is 9.51 Å². The van der Waals surface area contributed by atoms with Crippen molar-refractivity contribution in [2.75, 3.05) is 31.1 Å². The molecule has 0 spiro atoms. The maximum atomic E-state index is 12.8. The number of aromatic nitrogens is 3. The maximum absolute atomic E-state index is 12.8. The summed E-state index contributed by atoms with van der Waals surface area (Å²) in [5, 5.41) is 3.94. The molecule has 0 aliphatic carbocycles. The number of amides is 1. The van der Waals surface area contributed by atoms with Gasteiger partial charge in [0, 0.05) is 44.4 Å².